The Balaban J connectivity index is 1.45. The minimum absolute atomic E-state index is 0.200. The van der Waals surface area contributed by atoms with E-state index in [1.807, 2.05) is 18.2 Å². The van der Waals surface area contributed by atoms with Crippen molar-refractivity contribution in [3.05, 3.63) is 60.3 Å². The van der Waals surface area contributed by atoms with Gasteiger partial charge in [-0.1, -0.05) is 6.07 Å². The molecule has 3 N–H and O–H groups in total. The zero-order chi connectivity index (χ0) is 20.5. The highest BCUT2D eigenvalue weighted by atomic mass is 16.5. The molecule has 1 aromatic carbocycles. The van der Waals surface area contributed by atoms with Gasteiger partial charge in [0.15, 0.2) is 17.3 Å². The third-order valence-electron chi connectivity index (χ3n) is 3.95. The van der Waals surface area contributed by atoms with E-state index in [2.05, 4.69) is 31.1 Å². The molecule has 2 heterocycles. The quantitative estimate of drug-likeness (QED) is 0.475. The molecule has 9 nitrogen and oxygen atoms in total. The van der Waals surface area contributed by atoms with Crippen molar-refractivity contribution in [2.45, 2.75) is 0 Å². The molecule has 150 valence electrons. The van der Waals surface area contributed by atoms with Crippen molar-refractivity contribution >= 4 is 23.4 Å². The molecule has 0 saturated carbocycles. The van der Waals surface area contributed by atoms with Crippen molar-refractivity contribution in [1.82, 2.24) is 20.5 Å². The SMILES string of the molecule is COc1ccc(C(=O)NCCNc2ccc(Nc3ccccn3)nn2)cc1OC. The number of ether oxygens (including phenoxy) is 2. The molecule has 2 aromatic heterocycles. The van der Waals surface area contributed by atoms with Gasteiger partial charge in [-0.05, 0) is 42.5 Å². The van der Waals surface area contributed by atoms with Crippen LogP contribution in [0.5, 0.6) is 11.5 Å². The number of benzene rings is 1. The molecule has 0 unspecified atom stereocenters. The number of aromatic nitrogens is 3. The molecule has 0 radical (unpaired) electrons. The lowest BCUT2D eigenvalue weighted by Crippen LogP contribution is -2.28. The Morgan fingerprint density at radius 1 is 0.897 bits per heavy atom. The van der Waals surface area contributed by atoms with Crippen LogP contribution in [0.2, 0.25) is 0 Å². The molecule has 0 aliphatic heterocycles. The van der Waals surface area contributed by atoms with Gasteiger partial charge in [-0.15, -0.1) is 10.2 Å². The highest BCUT2D eigenvalue weighted by molar-refractivity contribution is 5.94. The van der Waals surface area contributed by atoms with Crippen molar-refractivity contribution in [3.8, 4) is 11.5 Å². The maximum absolute atomic E-state index is 12.3. The minimum Gasteiger partial charge on any atom is -0.493 e. The Kier molecular flexibility index (Phi) is 6.77. The lowest BCUT2D eigenvalue weighted by atomic mass is 10.2. The summed E-state index contributed by atoms with van der Waals surface area (Å²) in [7, 11) is 3.08. The van der Waals surface area contributed by atoms with Crippen LogP contribution in [0, 0.1) is 0 Å². The van der Waals surface area contributed by atoms with Gasteiger partial charge in [0.05, 0.1) is 14.2 Å². The monoisotopic (exact) mass is 394 g/mol. The number of anilines is 3. The van der Waals surface area contributed by atoms with Gasteiger partial charge in [0.2, 0.25) is 0 Å². The van der Waals surface area contributed by atoms with Crippen LogP contribution in [0.15, 0.2) is 54.7 Å². The van der Waals surface area contributed by atoms with Gasteiger partial charge in [-0.2, -0.15) is 0 Å². The van der Waals surface area contributed by atoms with E-state index in [-0.39, 0.29) is 5.91 Å². The Morgan fingerprint density at radius 3 is 2.38 bits per heavy atom. The van der Waals surface area contributed by atoms with Crippen LogP contribution in [-0.2, 0) is 0 Å². The maximum Gasteiger partial charge on any atom is 0.251 e. The molecule has 9 heteroatoms. The molecule has 0 aliphatic rings. The van der Waals surface area contributed by atoms with Gasteiger partial charge < -0.3 is 25.4 Å². The Hall–Kier alpha value is -3.88. The molecule has 0 atom stereocenters. The molecule has 3 aromatic rings. The maximum atomic E-state index is 12.3. The van der Waals surface area contributed by atoms with Crippen molar-refractivity contribution in [2.75, 3.05) is 37.9 Å². The molecule has 0 saturated heterocycles. The van der Waals surface area contributed by atoms with Crippen molar-refractivity contribution in [1.29, 1.82) is 0 Å². The number of pyridine rings is 1. The topological polar surface area (TPSA) is 110 Å². The smallest absolute Gasteiger partial charge is 0.251 e. The number of amides is 1. The average Bonchev–Trinajstić information content (AvgIpc) is 2.77. The van der Waals surface area contributed by atoms with E-state index in [0.717, 1.165) is 0 Å². The van der Waals surface area contributed by atoms with Gasteiger partial charge in [-0.3, -0.25) is 4.79 Å². The zero-order valence-corrected chi connectivity index (χ0v) is 16.2. The van der Waals surface area contributed by atoms with Crippen LogP contribution >= 0.6 is 0 Å². The average molecular weight is 394 g/mol. The van der Waals surface area contributed by atoms with Gasteiger partial charge in [-0.25, -0.2) is 4.98 Å². The summed E-state index contributed by atoms with van der Waals surface area (Å²) in [6.07, 6.45) is 1.70. The summed E-state index contributed by atoms with van der Waals surface area (Å²) in [6.45, 7) is 0.920. The Bertz CT molecular complexity index is 935. The summed E-state index contributed by atoms with van der Waals surface area (Å²) >= 11 is 0. The molecule has 3 rings (SSSR count). The normalized spacial score (nSPS) is 10.1. The third-order valence-corrected chi connectivity index (χ3v) is 3.95. The molecule has 1 amide bonds. The van der Waals surface area contributed by atoms with Crippen LogP contribution in [0.4, 0.5) is 17.5 Å². The fourth-order valence-corrected chi connectivity index (χ4v) is 2.51. The van der Waals surface area contributed by atoms with E-state index in [0.29, 0.717) is 47.6 Å². The van der Waals surface area contributed by atoms with Crippen LogP contribution < -0.4 is 25.4 Å². The number of carbonyl (C=O) groups excluding carboxylic acids is 1. The number of hydrogen-bond acceptors (Lipinski definition) is 8. The molecule has 0 bridgehead atoms. The summed E-state index contributed by atoms with van der Waals surface area (Å²) in [5.41, 5.74) is 0.493. The minimum atomic E-state index is -0.200. The summed E-state index contributed by atoms with van der Waals surface area (Å²) in [5, 5.41) is 17.2. The number of nitrogens with one attached hydrogen (secondary N) is 3. The Morgan fingerprint density at radius 2 is 1.69 bits per heavy atom. The number of carbonyl (C=O) groups is 1. The van der Waals surface area contributed by atoms with E-state index in [9.17, 15) is 4.79 Å². The molecule has 29 heavy (non-hydrogen) atoms. The second-order valence-electron chi connectivity index (χ2n) is 5.90. The van der Waals surface area contributed by atoms with Crippen LogP contribution in [-0.4, -0.2) is 48.4 Å². The summed E-state index contributed by atoms with van der Waals surface area (Å²) < 4.78 is 10.4. The van der Waals surface area contributed by atoms with Gasteiger partial charge in [0.25, 0.3) is 5.91 Å². The predicted octanol–water partition coefficient (Wildman–Crippen LogP) is 2.47. The molecule has 0 spiro atoms. The zero-order valence-electron chi connectivity index (χ0n) is 16.2. The van der Waals surface area contributed by atoms with Gasteiger partial charge in [0.1, 0.15) is 11.6 Å². The van der Waals surface area contributed by atoms with E-state index in [1.54, 1.807) is 43.6 Å². The van der Waals surface area contributed by atoms with Crippen molar-refractivity contribution in [2.24, 2.45) is 0 Å². The number of nitrogens with zero attached hydrogens (tertiary/aromatic N) is 3. The van der Waals surface area contributed by atoms with E-state index in [4.69, 9.17) is 9.47 Å². The number of methoxy groups -OCH3 is 2. The highest BCUT2D eigenvalue weighted by Crippen LogP contribution is 2.27. The fourth-order valence-electron chi connectivity index (χ4n) is 2.51. The molecular formula is C20H22N6O3. The van der Waals surface area contributed by atoms with Crippen molar-refractivity contribution < 1.29 is 14.3 Å². The van der Waals surface area contributed by atoms with E-state index >= 15 is 0 Å². The van der Waals surface area contributed by atoms with Crippen LogP contribution in [0.3, 0.4) is 0 Å². The lowest BCUT2D eigenvalue weighted by Gasteiger charge is -2.10. The molecule has 0 aliphatic carbocycles. The second-order valence-corrected chi connectivity index (χ2v) is 5.90. The Labute approximate surface area is 168 Å². The first-order valence-electron chi connectivity index (χ1n) is 8.95. The summed E-state index contributed by atoms with van der Waals surface area (Å²) in [4.78, 5) is 16.4. The van der Waals surface area contributed by atoms with Gasteiger partial charge >= 0.3 is 0 Å². The van der Waals surface area contributed by atoms with Crippen LogP contribution in [0.25, 0.3) is 0 Å². The third kappa shape index (κ3) is 5.55. The molecule has 0 fully saturated rings. The first-order valence-corrected chi connectivity index (χ1v) is 8.95. The first-order chi connectivity index (χ1) is 14.2. The van der Waals surface area contributed by atoms with E-state index < -0.39 is 0 Å². The standard InChI is InChI=1S/C20H22N6O3/c1-28-15-7-6-14(13-16(15)29-2)20(27)23-12-11-22-18-8-9-19(26-25-18)24-17-5-3-4-10-21-17/h3-10,13H,11-12H2,1-2H3,(H,22,25)(H,23,27)(H,21,24,26). The highest BCUT2D eigenvalue weighted by Gasteiger charge is 2.10. The number of hydrogen-bond donors (Lipinski definition) is 3. The fraction of sp³-hybridized carbons (Fsp3) is 0.200. The van der Waals surface area contributed by atoms with Gasteiger partial charge in [0, 0.05) is 24.8 Å². The van der Waals surface area contributed by atoms with Crippen molar-refractivity contribution in [3.63, 3.8) is 0 Å². The van der Waals surface area contributed by atoms with Crippen LogP contribution in [0.1, 0.15) is 10.4 Å². The second kappa shape index (κ2) is 9.88. The molecular weight excluding hydrogens is 372 g/mol. The largest absolute Gasteiger partial charge is 0.493 e. The summed E-state index contributed by atoms with van der Waals surface area (Å²) in [5.74, 6) is 2.78. The first kappa shape index (κ1) is 19.9. The number of rotatable bonds is 9. The lowest BCUT2D eigenvalue weighted by molar-refractivity contribution is 0.0954. The summed E-state index contributed by atoms with van der Waals surface area (Å²) in [6, 6.07) is 14.2. The predicted molar refractivity (Wildman–Crippen MR) is 110 cm³/mol. The van der Waals surface area contributed by atoms with E-state index in [1.165, 1.54) is 7.11 Å².